The fourth-order valence-electron chi connectivity index (χ4n) is 4.52. The molecule has 4 aromatic carbocycles. The fourth-order valence-corrected chi connectivity index (χ4v) is 4.52. The summed E-state index contributed by atoms with van der Waals surface area (Å²) < 4.78 is 11.0. The molecule has 7 heteroatoms. The Kier molecular flexibility index (Phi) is 9.67. The Morgan fingerprint density at radius 1 is 0.872 bits per heavy atom. The van der Waals surface area contributed by atoms with Gasteiger partial charge in [0.05, 0.1) is 18.1 Å². The number of rotatable bonds is 13. The standard InChI is InChI=1S/C32H34N2O5/c1-24(19-25-13-16-29(38-2)17-14-25)33(21-26-9-5-3-6-10-26)22-31(35)28-15-18-32(30(20-28)34(36)37)39-23-27-11-7-4-8-12-27/h3-18,20,24,31,35H,19,21-23H2,1-2H3/t24-,31-/m1/s1. The van der Waals surface area contributed by atoms with Crippen molar-refractivity contribution in [2.75, 3.05) is 13.7 Å². The molecule has 7 nitrogen and oxygen atoms in total. The highest BCUT2D eigenvalue weighted by Crippen LogP contribution is 2.32. The first-order valence-corrected chi connectivity index (χ1v) is 13.0. The molecule has 0 saturated carbocycles. The topological polar surface area (TPSA) is 85.1 Å². The Bertz CT molecular complexity index is 1330. The molecule has 0 amide bonds. The van der Waals surface area contributed by atoms with Crippen molar-refractivity contribution >= 4 is 5.69 Å². The Hall–Kier alpha value is -4.20. The molecule has 0 unspecified atom stereocenters. The van der Waals surface area contributed by atoms with Gasteiger partial charge in [-0.1, -0.05) is 78.9 Å². The molecule has 0 saturated heterocycles. The van der Waals surface area contributed by atoms with E-state index in [0.29, 0.717) is 18.7 Å². The molecule has 0 aliphatic carbocycles. The third-order valence-corrected chi connectivity index (χ3v) is 6.75. The molecule has 0 aliphatic rings. The van der Waals surface area contributed by atoms with Crippen molar-refractivity contribution in [1.82, 2.24) is 4.90 Å². The van der Waals surface area contributed by atoms with Crippen LogP contribution in [0.5, 0.6) is 11.5 Å². The second kappa shape index (κ2) is 13.6. The zero-order chi connectivity index (χ0) is 27.6. The largest absolute Gasteiger partial charge is 0.497 e. The fraction of sp³-hybridized carbons (Fsp3) is 0.250. The Labute approximate surface area is 229 Å². The number of nitro benzene ring substituents is 1. The summed E-state index contributed by atoms with van der Waals surface area (Å²) in [5.74, 6) is 0.981. The van der Waals surface area contributed by atoms with Crippen LogP contribution in [0.1, 0.15) is 35.3 Å². The highest BCUT2D eigenvalue weighted by atomic mass is 16.6. The van der Waals surface area contributed by atoms with E-state index in [2.05, 4.69) is 24.0 Å². The summed E-state index contributed by atoms with van der Waals surface area (Å²) in [6, 6.07) is 32.3. The molecule has 0 aliphatic heterocycles. The van der Waals surface area contributed by atoms with Crippen molar-refractivity contribution in [2.24, 2.45) is 0 Å². The SMILES string of the molecule is COc1ccc(C[C@@H](C)N(Cc2ccccc2)C[C@@H](O)c2ccc(OCc3ccccc3)c([N+](=O)[O-])c2)cc1. The highest BCUT2D eigenvalue weighted by Gasteiger charge is 2.23. The summed E-state index contributed by atoms with van der Waals surface area (Å²) in [5, 5.41) is 23.1. The molecular weight excluding hydrogens is 492 g/mol. The van der Waals surface area contributed by atoms with Crippen LogP contribution >= 0.6 is 0 Å². The first kappa shape index (κ1) is 27.8. The minimum absolute atomic E-state index is 0.0942. The lowest BCUT2D eigenvalue weighted by atomic mass is 10.0. The summed E-state index contributed by atoms with van der Waals surface area (Å²) in [6.07, 6.45) is -0.149. The number of aliphatic hydroxyl groups is 1. The van der Waals surface area contributed by atoms with Crippen LogP contribution in [0.15, 0.2) is 103 Å². The van der Waals surface area contributed by atoms with E-state index >= 15 is 0 Å². The lowest BCUT2D eigenvalue weighted by molar-refractivity contribution is -0.386. The summed E-state index contributed by atoms with van der Waals surface area (Å²) in [5.41, 5.74) is 3.51. The average molecular weight is 527 g/mol. The normalized spacial score (nSPS) is 12.6. The molecule has 202 valence electrons. The van der Waals surface area contributed by atoms with Crippen LogP contribution in [0.25, 0.3) is 0 Å². The van der Waals surface area contributed by atoms with Gasteiger partial charge in [-0.05, 0) is 53.8 Å². The van der Waals surface area contributed by atoms with Gasteiger partial charge in [0.1, 0.15) is 12.4 Å². The van der Waals surface area contributed by atoms with E-state index in [9.17, 15) is 15.2 Å². The molecule has 4 aromatic rings. The van der Waals surface area contributed by atoms with Crippen molar-refractivity contribution in [3.8, 4) is 11.5 Å². The molecular formula is C32H34N2O5. The van der Waals surface area contributed by atoms with Crippen LogP contribution in [0, 0.1) is 10.1 Å². The van der Waals surface area contributed by atoms with Crippen LogP contribution in [0.3, 0.4) is 0 Å². The van der Waals surface area contributed by atoms with Crippen LogP contribution in [0.4, 0.5) is 5.69 Å². The van der Waals surface area contributed by atoms with E-state index in [0.717, 1.165) is 28.9 Å². The maximum absolute atomic E-state index is 11.9. The van der Waals surface area contributed by atoms with E-state index in [1.54, 1.807) is 19.2 Å². The average Bonchev–Trinajstić information content (AvgIpc) is 2.97. The Morgan fingerprint density at radius 3 is 2.13 bits per heavy atom. The van der Waals surface area contributed by atoms with Gasteiger partial charge in [0.2, 0.25) is 0 Å². The monoisotopic (exact) mass is 526 g/mol. The van der Waals surface area contributed by atoms with Crippen molar-refractivity contribution in [3.63, 3.8) is 0 Å². The van der Waals surface area contributed by atoms with Gasteiger partial charge in [-0.2, -0.15) is 0 Å². The minimum Gasteiger partial charge on any atom is -0.497 e. The molecule has 1 N–H and O–H groups in total. The van der Waals surface area contributed by atoms with Gasteiger partial charge >= 0.3 is 5.69 Å². The molecule has 39 heavy (non-hydrogen) atoms. The number of nitrogens with zero attached hydrogens (tertiary/aromatic N) is 2. The van der Waals surface area contributed by atoms with E-state index in [1.807, 2.05) is 72.8 Å². The van der Waals surface area contributed by atoms with Gasteiger partial charge in [0, 0.05) is 25.2 Å². The van der Waals surface area contributed by atoms with Crippen molar-refractivity contribution in [1.29, 1.82) is 0 Å². The van der Waals surface area contributed by atoms with Gasteiger partial charge in [-0.15, -0.1) is 0 Å². The minimum atomic E-state index is -0.922. The summed E-state index contributed by atoms with van der Waals surface area (Å²) in [7, 11) is 1.65. The van der Waals surface area contributed by atoms with Crippen molar-refractivity contribution < 1.29 is 19.5 Å². The number of hydrogen-bond donors (Lipinski definition) is 1. The number of nitro groups is 1. The second-order valence-electron chi connectivity index (χ2n) is 9.59. The second-order valence-corrected chi connectivity index (χ2v) is 9.59. The predicted molar refractivity (Wildman–Crippen MR) is 152 cm³/mol. The Morgan fingerprint density at radius 2 is 1.51 bits per heavy atom. The zero-order valence-corrected chi connectivity index (χ0v) is 22.3. The molecule has 0 aromatic heterocycles. The van der Waals surface area contributed by atoms with Gasteiger partial charge in [0.25, 0.3) is 0 Å². The first-order chi connectivity index (χ1) is 18.9. The van der Waals surface area contributed by atoms with E-state index in [4.69, 9.17) is 9.47 Å². The van der Waals surface area contributed by atoms with Crippen molar-refractivity contribution in [2.45, 2.75) is 38.6 Å². The smallest absolute Gasteiger partial charge is 0.311 e. The number of methoxy groups -OCH3 is 1. The quantitative estimate of drug-likeness (QED) is 0.161. The summed E-state index contributed by atoms with van der Waals surface area (Å²) in [6.45, 7) is 3.29. The van der Waals surface area contributed by atoms with E-state index < -0.39 is 11.0 Å². The van der Waals surface area contributed by atoms with Crippen LogP contribution in [-0.2, 0) is 19.6 Å². The maximum Gasteiger partial charge on any atom is 0.311 e. The molecule has 4 rings (SSSR count). The molecule has 0 radical (unpaired) electrons. The predicted octanol–water partition coefficient (Wildman–Crippen LogP) is 6.35. The number of benzene rings is 4. The van der Waals surface area contributed by atoms with Crippen LogP contribution in [-0.4, -0.2) is 34.6 Å². The number of hydrogen-bond acceptors (Lipinski definition) is 6. The van der Waals surface area contributed by atoms with E-state index in [1.165, 1.54) is 6.07 Å². The van der Waals surface area contributed by atoms with Gasteiger partial charge < -0.3 is 14.6 Å². The molecule has 0 heterocycles. The number of aliphatic hydroxyl groups excluding tert-OH is 1. The molecule has 2 atom stereocenters. The summed E-state index contributed by atoms with van der Waals surface area (Å²) >= 11 is 0. The van der Waals surface area contributed by atoms with Gasteiger partial charge in [-0.25, -0.2) is 0 Å². The van der Waals surface area contributed by atoms with Crippen LogP contribution < -0.4 is 9.47 Å². The zero-order valence-electron chi connectivity index (χ0n) is 22.3. The molecule has 0 spiro atoms. The maximum atomic E-state index is 11.9. The van der Waals surface area contributed by atoms with Gasteiger partial charge in [-0.3, -0.25) is 15.0 Å². The third-order valence-electron chi connectivity index (χ3n) is 6.75. The van der Waals surface area contributed by atoms with Crippen LogP contribution in [0.2, 0.25) is 0 Å². The highest BCUT2D eigenvalue weighted by molar-refractivity contribution is 5.49. The lowest BCUT2D eigenvalue weighted by Gasteiger charge is -2.31. The van der Waals surface area contributed by atoms with Crippen molar-refractivity contribution in [3.05, 3.63) is 135 Å². The third kappa shape index (κ3) is 7.89. The molecule has 0 fully saturated rings. The lowest BCUT2D eigenvalue weighted by Crippen LogP contribution is -2.37. The van der Waals surface area contributed by atoms with E-state index in [-0.39, 0.29) is 24.1 Å². The Balaban J connectivity index is 1.51. The first-order valence-electron chi connectivity index (χ1n) is 13.0. The summed E-state index contributed by atoms with van der Waals surface area (Å²) in [4.78, 5) is 13.6. The van der Waals surface area contributed by atoms with Gasteiger partial charge in [0.15, 0.2) is 5.75 Å². The molecule has 0 bridgehead atoms. The number of ether oxygens (including phenoxy) is 2.